The number of carbonyl (C=O) groups is 1. The smallest absolute Gasteiger partial charge is 0.166 e. The van der Waals surface area contributed by atoms with Crippen molar-refractivity contribution >= 4 is 45.6 Å². The van der Waals surface area contributed by atoms with Crippen LogP contribution in [-0.2, 0) is 0 Å². The molecule has 0 aliphatic heterocycles. The molecule has 1 aromatic heterocycles. The number of aromatic nitrogens is 1. The van der Waals surface area contributed by atoms with E-state index in [1.54, 1.807) is 18.3 Å². The van der Waals surface area contributed by atoms with Crippen LogP contribution >= 0.6 is 23.2 Å². The fourth-order valence-corrected chi connectivity index (χ4v) is 4.77. The van der Waals surface area contributed by atoms with Gasteiger partial charge in [-0.25, -0.2) is 0 Å². The fourth-order valence-electron chi connectivity index (χ4n) is 4.28. The SMILES string of the molecule is CCCC(=O)c1cnc2ccc(-c3cc(Cl)c(O)c(Cl)c3)cc2c1NC1CCCCC1. The first-order valence-corrected chi connectivity index (χ1v) is 11.6. The van der Waals surface area contributed by atoms with Crippen LogP contribution in [0.3, 0.4) is 0 Å². The van der Waals surface area contributed by atoms with Crippen LogP contribution in [0.15, 0.2) is 36.5 Å². The van der Waals surface area contributed by atoms with Crippen molar-refractivity contribution in [1.82, 2.24) is 4.98 Å². The number of hydrogen-bond acceptors (Lipinski definition) is 4. The zero-order valence-electron chi connectivity index (χ0n) is 17.5. The number of nitrogens with one attached hydrogen (secondary N) is 1. The second-order valence-electron chi connectivity index (χ2n) is 8.22. The molecule has 1 heterocycles. The van der Waals surface area contributed by atoms with Crippen LogP contribution in [0.2, 0.25) is 10.0 Å². The first kappa shape index (κ1) is 21.9. The molecule has 0 unspecified atom stereocenters. The Balaban J connectivity index is 1.85. The minimum absolute atomic E-state index is 0.108. The number of Topliss-reactive ketones (excluding diaryl/α,β-unsaturated/α-hetero) is 1. The number of phenols is 1. The molecule has 0 spiro atoms. The number of phenolic OH excluding ortho intramolecular Hbond substituents is 1. The van der Waals surface area contributed by atoms with Crippen molar-refractivity contribution in [3.8, 4) is 16.9 Å². The van der Waals surface area contributed by atoms with Gasteiger partial charge in [0.25, 0.3) is 0 Å². The van der Waals surface area contributed by atoms with E-state index in [9.17, 15) is 9.90 Å². The van der Waals surface area contributed by atoms with E-state index in [1.165, 1.54) is 19.3 Å². The van der Waals surface area contributed by atoms with Gasteiger partial charge in [-0.1, -0.05) is 55.5 Å². The molecule has 1 saturated carbocycles. The number of benzene rings is 2. The van der Waals surface area contributed by atoms with E-state index in [-0.39, 0.29) is 21.6 Å². The Labute approximate surface area is 192 Å². The van der Waals surface area contributed by atoms with Crippen LogP contribution in [0.25, 0.3) is 22.0 Å². The predicted octanol–water partition coefficient (Wildman–Crippen LogP) is 7.64. The van der Waals surface area contributed by atoms with E-state index in [4.69, 9.17) is 23.2 Å². The van der Waals surface area contributed by atoms with Gasteiger partial charge in [0.15, 0.2) is 11.5 Å². The minimum atomic E-state index is -0.123. The number of rotatable bonds is 6. The second-order valence-corrected chi connectivity index (χ2v) is 9.03. The van der Waals surface area contributed by atoms with Crippen molar-refractivity contribution < 1.29 is 9.90 Å². The van der Waals surface area contributed by atoms with Gasteiger partial charge >= 0.3 is 0 Å². The Kier molecular flexibility index (Phi) is 6.68. The summed E-state index contributed by atoms with van der Waals surface area (Å²) in [6.07, 6.45) is 8.88. The normalized spacial score (nSPS) is 14.7. The molecule has 0 radical (unpaired) electrons. The fraction of sp³-hybridized carbons (Fsp3) is 0.360. The lowest BCUT2D eigenvalue weighted by molar-refractivity contribution is 0.0982. The summed E-state index contributed by atoms with van der Waals surface area (Å²) in [7, 11) is 0. The van der Waals surface area contributed by atoms with Crippen molar-refractivity contribution in [2.45, 2.75) is 57.9 Å². The van der Waals surface area contributed by atoms with Crippen LogP contribution < -0.4 is 5.32 Å². The van der Waals surface area contributed by atoms with E-state index >= 15 is 0 Å². The zero-order valence-corrected chi connectivity index (χ0v) is 19.1. The third-order valence-electron chi connectivity index (χ3n) is 5.95. The third-order valence-corrected chi connectivity index (χ3v) is 6.53. The number of aromatic hydroxyl groups is 1. The molecule has 0 amide bonds. The van der Waals surface area contributed by atoms with Crippen molar-refractivity contribution in [1.29, 1.82) is 0 Å². The van der Waals surface area contributed by atoms with Crippen molar-refractivity contribution in [2.75, 3.05) is 5.32 Å². The predicted molar refractivity (Wildman–Crippen MR) is 129 cm³/mol. The largest absolute Gasteiger partial charge is 0.505 e. The average molecular weight is 457 g/mol. The summed E-state index contributed by atoms with van der Waals surface area (Å²) in [6, 6.07) is 9.66. The van der Waals surface area contributed by atoms with E-state index in [1.807, 2.05) is 25.1 Å². The lowest BCUT2D eigenvalue weighted by Crippen LogP contribution is -2.24. The summed E-state index contributed by atoms with van der Waals surface area (Å²) in [4.78, 5) is 17.5. The maximum atomic E-state index is 12.9. The Morgan fingerprint density at radius 2 is 1.81 bits per heavy atom. The maximum Gasteiger partial charge on any atom is 0.166 e. The molecule has 2 N–H and O–H groups in total. The van der Waals surface area contributed by atoms with Crippen LogP contribution in [0.5, 0.6) is 5.75 Å². The molecule has 0 bridgehead atoms. The van der Waals surface area contributed by atoms with Crippen LogP contribution in [0.4, 0.5) is 5.69 Å². The molecule has 4 nitrogen and oxygen atoms in total. The molecule has 2 aromatic carbocycles. The van der Waals surface area contributed by atoms with Gasteiger partial charge in [0.2, 0.25) is 0 Å². The molecule has 1 aliphatic carbocycles. The molecule has 0 saturated heterocycles. The lowest BCUT2D eigenvalue weighted by atomic mass is 9.93. The Morgan fingerprint density at radius 1 is 1.10 bits per heavy atom. The molecule has 6 heteroatoms. The van der Waals surface area contributed by atoms with E-state index < -0.39 is 0 Å². The van der Waals surface area contributed by atoms with Gasteiger partial charge < -0.3 is 10.4 Å². The number of pyridine rings is 1. The summed E-state index contributed by atoms with van der Waals surface area (Å²) in [5.41, 5.74) is 4.03. The van der Waals surface area contributed by atoms with Gasteiger partial charge in [-0.05, 0) is 54.7 Å². The number of fused-ring (bicyclic) bond motifs is 1. The third kappa shape index (κ3) is 4.65. The first-order valence-electron chi connectivity index (χ1n) is 10.9. The van der Waals surface area contributed by atoms with Gasteiger partial charge in [-0.15, -0.1) is 0 Å². The molecular formula is C25H26Cl2N2O2. The highest BCUT2D eigenvalue weighted by molar-refractivity contribution is 6.37. The first-order chi connectivity index (χ1) is 15.0. The number of carbonyl (C=O) groups excluding carboxylic acids is 1. The molecular weight excluding hydrogens is 431 g/mol. The van der Waals surface area contributed by atoms with Gasteiger partial charge in [-0.2, -0.15) is 0 Å². The van der Waals surface area contributed by atoms with Gasteiger partial charge in [-0.3, -0.25) is 9.78 Å². The van der Waals surface area contributed by atoms with E-state index in [0.717, 1.165) is 47.0 Å². The number of halogens is 2. The average Bonchev–Trinajstić information content (AvgIpc) is 2.78. The van der Waals surface area contributed by atoms with Crippen molar-refractivity contribution in [2.24, 2.45) is 0 Å². The van der Waals surface area contributed by atoms with Crippen molar-refractivity contribution in [3.63, 3.8) is 0 Å². The zero-order chi connectivity index (χ0) is 22.0. The van der Waals surface area contributed by atoms with Crippen LogP contribution in [-0.4, -0.2) is 21.9 Å². The highest BCUT2D eigenvalue weighted by Crippen LogP contribution is 2.38. The molecule has 31 heavy (non-hydrogen) atoms. The number of nitrogens with zero attached hydrogens (tertiary/aromatic N) is 1. The highest BCUT2D eigenvalue weighted by atomic mass is 35.5. The Morgan fingerprint density at radius 3 is 2.48 bits per heavy atom. The lowest BCUT2D eigenvalue weighted by Gasteiger charge is -2.26. The Bertz CT molecular complexity index is 1100. The van der Waals surface area contributed by atoms with E-state index in [2.05, 4.69) is 10.3 Å². The standard InChI is InChI=1S/C25H26Cl2N2O2/c1-2-6-23(30)19-14-28-22-10-9-15(16-12-20(26)25(31)21(27)13-16)11-18(22)24(19)29-17-7-4-3-5-8-17/h9-14,17,31H,2-8H2,1H3,(H,28,29). The quantitative estimate of drug-likeness (QED) is 0.374. The highest BCUT2D eigenvalue weighted by Gasteiger charge is 2.20. The van der Waals surface area contributed by atoms with Gasteiger partial charge in [0, 0.05) is 24.0 Å². The summed E-state index contributed by atoms with van der Waals surface area (Å²) < 4.78 is 0. The molecule has 1 aliphatic rings. The summed E-state index contributed by atoms with van der Waals surface area (Å²) in [5.74, 6) is -0.0158. The molecule has 0 atom stereocenters. The maximum absolute atomic E-state index is 12.9. The number of hydrogen-bond donors (Lipinski definition) is 2. The van der Waals surface area contributed by atoms with E-state index in [0.29, 0.717) is 18.0 Å². The number of anilines is 1. The second kappa shape index (κ2) is 9.46. The molecule has 1 fully saturated rings. The molecule has 4 rings (SSSR count). The summed E-state index contributed by atoms with van der Waals surface area (Å²) in [6.45, 7) is 2.01. The summed E-state index contributed by atoms with van der Waals surface area (Å²) in [5, 5.41) is 14.9. The topological polar surface area (TPSA) is 62.2 Å². The summed E-state index contributed by atoms with van der Waals surface area (Å²) >= 11 is 12.3. The Hall–Kier alpha value is -2.30. The minimum Gasteiger partial charge on any atom is -0.505 e. The van der Waals surface area contributed by atoms with Gasteiger partial charge in [0.05, 0.1) is 26.8 Å². The van der Waals surface area contributed by atoms with Crippen LogP contribution in [0.1, 0.15) is 62.2 Å². The van der Waals surface area contributed by atoms with Crippen LogP contribution in [0, 0.1) is 0 Å². The number of ketones is 1. The monoisotopic (exact) mass is 456 g/mol. The van der Waals surface area contributed by atoms with Crippen molar-refractivity contribution in [3.05, 3.63) is 52.1 Å². The molecule has 3 aromatic rings. The molecule has 162 valence electrons. The van der Waals surface area contributed by atoms with Gasteiger partial charge in [0.1, 0.15) is 0 Å².